The van der Waals surface area contributed by atoms with Crippen LogP contribution in [0.2, 0.25) is 5.02 Å². The van der Waals surface area contributed by atoms with Gasteiger partial charge in [-0.1, -0.05) is 35.9 Å². The molecule has 1 aliphatic heterocycles. The van der Waals surface area contributed by atoms with Gasteiger partial charge in [0.25, 0.3) is 0 Å². The molecule has 158 valence electrons. The molecule has 2 aromatic carbocycles. The molecule has 0 fully saturated rings. The monoisotopic (exact) mass is 435 g/mol. The Labute approximate surface area is 185 Å². The number of halogens is 1. The van der Waals surface area contributed by atoms with Crippen LogP contribution >= 0.6 is 11.6 Å². The van der Waals surface area contributed by atoms with Crippen molar-refractivity contribution in [1.82, 2.24) is 9.88 Å². The van der Waals surface area contributed by atoms with Crippen LogP contribution in [0.15, 0.2) is 66.9 Å². The summed E-state index contributed by atoms with van der Waals surface area (Å²) in [4.78, 5) is 31.4. The van der Waals surface area contributed by atoms with Crippen LogP contribution in [0, 0.1) is 0 Å². The standard InChI is InChI=1S/C24H22ClN3O3/c1-31-24(30)17-7-5-16(6-8-17)14-28-15-18-9-10-19(25)12-21(18)27-23(29)22(28)13-20-4-2-3-11-26-20/h2-12,22H,13-15H2,1H3,(H,27,29). The average molecular weight is 436 g/mol. The second kappa shape index (κ2) is 9.29. The number of nitrogens with zero attached hydrogens (tertiary/aromatic N) is 2. The van der Waals surface area contributed by atoms with E-state index in [1.807, 2.05) is 42.5 Å². The van der Waals surface area contributed by atoms with Gasteiger partial charge in [0.1, 0.15) is 0 Å². The van der Waals surface area contributed by atoms with Crippen molar-refractivity contribution in [2.45, 2.75) is 25.6 Å². The molecule has 31 heavy (non-hydrogen) atoms. The van der Waals surface area contributed by atoms with E-state index in [2.05, 4.69) is 15.2 Å². The normalized spacial score (nSPS) is 16.2. The van der Waals surface area contributed by atoms with Crippen LogP contribution < -0.4 is 5.32 Å². The number of amides is 1. The van der Waals surface area contributed by atoms with E-state index in [1.165, 1.54) is 7.11 Å². The summed E-state index contributed by atoms with van der Waals surface area (Å²) < 4.78 is 4.77. The van der Waals surface area contributed by atoms with Gasteiger partial charge in [-0.25, -0.2) is 4.79 Å². The van der Waals surface area contributed by atoms with Crippen LogP contribution in [0.5, 0.6) is 0 Å². The predicted molar refractivity (Wildman–Crippen MR) is 119 cm³/mol. The molecule has 6 nitrogen and oxygen atoms in total. The van der Waals surface area contributed by atoms with Gasteiger partial charge in [0, 0.05) is 42.1 Å². The Morgan fingerprint density at radius 1 is 1.19 bits per heavy atom. The van der Waals surface area contributed by atoms with Gasteiger partial charge in [0.05, 0.1) is 18.7 Å². The van der Waals surface area contributed by atoms with Gasteiger partial charge in [-0.15, -0.1) is 0 Å². The minimum atomic E-state index is -0.415. The maximum atomic E-state index is 13.2. The van der Waals surface area contributed by atoms with Gasteiger partial charge in [0.15, 0.2) is 0 Å². The fraction of sp³-hybridized carbons (Fsp3) is 0.208. The predicted octanol–water partition coefficient (Wildman–Crippen LogP) is 4.09. The van der Waals surface area contributed by atoms with Gasteiger partial charge >= 0.3 is 5.97 Å². The number of methoxy groups -OCH3 is 1. The molecule has 1 unspecified atom stereocenters. The third kappa shape index (κ3) is 4.93. The number of nitrogens with one attached hydrogen (secondary N) is 1. The number of ether oxygens (including phenoxy) is 1. The SMILES string of the molecule is COC(=O)c1ccc(CN2Cc3ccc(Cl)cc3NC(=O)C2Cc2ccccn2)cc1. The lowest BCUT2D eigenvalue weighted by Gasteiger charge is -2.28. The Kier molecular flexibility index (Phi) is 6.30. The summed E-state index contributed by atoms with van der Waals surface area (Å²) in [7, 11) is 1.36. The van der Waals surface area contributed by atoms with Crippen LogP contribution in [0.4, 0.5) is 5.69 Å². The number of fused-ring (bicyclic) bond motifs is 1. The molecular formula is C24H22ClN3O3. The molecule has 0 bridgehead atoms. The van der Waals surface area contributed by atoms with E-state index in [9.17, 15) is 9.59 Å². The van der Waals surface area contributed by atoms with Gasteiger partial charge in [0.2, 0.25) is 5.91 Å². The molecule has 4 rings (SSSR count). The summed E-state index contributed by atoms with van der Waals surface area (Å²) >= 11 is 6.15. The number of aromatic nitrogens is 1. The molecule has 0 aliphatic carbocycles. The largest absolute Gasteiger partial charge is 0.465 e. The van der Waals surface area contributed by atoms with Crippen molar-refractivity contribution >= 4 is 29.2 Å². The molecule has 0 saturated heterocycles. The van der Waals surface area contributed by atoms with E-state index in [4.69, 9.17) is 16.3 Å². The average Bonchev–Trinajstić information content (AvgIpc) is 2.90. The maximum Gasteiger partial charge on any atom is 0.337 e. The van der Waals surface area contributed by atoms with Gasteiger partial charge in [-0.3, -0.25) is 14.7 Å². The smallest absolute Gasteiger partial charge is 0.337 e. The van der Waals surface area contributed by atoms with E-state index in [-0.39, 0.29) is 11.9 Å². The number of pyridine rings is 1. The Morgan fingerprint density at radius 2 is 2.00 bits per heavy atom. The number of rotatable bonds is 5. The number of carbonyl (C=O) groups is 2. The van der Waals surface area contributed by atoms with Crippen molar-refractivity contribution in [3.63, 3.8) is 0 Å². The van der Waals surface area contributed by atoms with Crippen molar-refractivity contribution in [2.24, 2.45) is 0 Å². The van der Waals surface area contributed by atoms with Crippen molar-refractivity contribution in [1.29, 1.82) is 0 Å². The molecule has 0 spiro atoms. The highest BCUT2D eigenvalue weighted by Gasteiger charge is 2.31. The summed E-state index contributed by atoms with van der Waals surface area (Å²) in [6, 6.07) is 18.1. The van der Waals surface area contributed by atoms with E-state index in [0.29, 0.717) is 30.1 Å². The van der Waals surface area contributed by atoms with Crippen LogP contribution in [0.25, 0.3) is 0 Å². The molecule has 1 aliphatic rings. The quantitative estimate of drug-likeness (QED) is 0.611. The number of hydrogen-bond donors (Lipinski definition) is 1. The number of esters is 1. The summed E-state index contributed by atoms with van der Waals surface area (Å²) in [6.45, 7) is 1.11. The van der Waals surface area contributed by atoms with Crippen molar-refractivity contribution in [3.05, 3.63) is 94.3 Å². The van der Waals surface area contributed by atoms with E-state index < -0.39 is 6.04 Å². The molecule has 2 heterocycles. The summed E-state index contributed by atoms with van der Waals surface area (Å²) in [5.74, 6) is -0.475. The van der Waals surface area contributed by atoms with Gasteiger partial charge in [-0.05, 0) is 47.5 Å². The second-order valence-electron chi connectivity index (χ2n) is 7.43. The summed E-state index contributed by atoms with van der Waals surface area (Å²) in [6.07, 6.45) is 2.21. The van der Waals surface area contributed by atoms with Crippen LogP contribution in [-0.2, 0) is 29.0 Å². The number of benzene rings is 2. The Balaban J connectivity index is 1.64. The lowest BCUT2D eigenvalue weighted by Crippen LogP contribution is -2.43. The fourth-order valence-corrected chi connectivity index (χ4v) is 3.89. The van der Waals surface area contributed by atoms with Gasteiger partial charge in [-0.2, -0.15) is 0 Å². The first kappa shape index (κ1) is 21.0. The summed E-state index contributed by atoms with van der Waals surface area (Å²) in [5, 5.41) is 3.60. The zero-order valence-corrected chi connectivity index (χ0v) is 17.8. The third-order valence-electron chi connectivity index (χ3n) is 5.34. The van der Waals surface area contributed by atoms with Crippen molar-refractivity contribution < 1.29 is 14.3 Å². The lowest BCUT2D eigenvalue weighted by molar-refractivity contribution is -0.121. The molecule has 3 aromatic rings. The highest BCUT2D eigenvalue weighted by molar-refractivity contribution is 6.31. The maximum absolute atomic E-state index is 13.2. The van der Waals surface area contributed by atoms with Crippen molar-refractivity contribution in [3.8, 4) is 0 Å². The highest BCUT2D eigenvalue weighted by Crippen LogP contribution is 2.28. The second-order valence-corrected chi connectivity index (χ2v) is 7.86. The van der Waals surface area contributed by atoms with E-state index in [1.54, 1.807) is 24.4 Å². The molecular weight excluding hydrogens is 414 g/mol. The third-order valence-corrected chi connectivity index (χ3v) is 5.57. The minimum absolute atomic E-state index is 0.0992. The molecule has 1 amide bonds. The topological polar surface area (TPSA) is 71.5 Å². The van der Waals surface area contributed by atoms with Gasteiger partial charge < -0.3 is 10.1 Å². The molecule has 1 atom stereocenters. The molecule has 1 aromatic heterocycles. The minimum Gasteiger partial charge on any atom is -0.465 e. The summed E-state index contributed by atoms with van der Waals surface area (Å²) in [5.41, 5.74) is 4.05. The van der Waals surface area contributed by atoms with E-state index in [0.717, 1.165) is 22.5 Å². The Bertz CT molecular complexity index is 1090. The zero-order chi connectivity index (χ0) is 21.8. The van der Waals surface area contributed by atoms with E-state index >= 15 is 0 Å². The molecule has 7 heteroatoms. The number of anilines is 1. The van der Waals surface area contributed by atoms with Crippen LogP contribution in [0.1, 0.15) is 27.2 Å². The number of carbonyl (C=O) groups excluding carboxylic acids is 2. The first-order chi connectivity index (χ1) is 15.0. The lowest BCUT2D eigenvalue weighted by atomic mass is 10.1. The zero-order valence-electron chi connectivity index (χ0n) is 17.0. The Morgan fingerprint density at radius 3 is 2.71 bits per heavy atom. The first-order valence-electron chi connectivity index (χ1n) is 9.94. The fourth-order valence-electron chi connectivity index (χ4n) is 3.72. The highest BCUT2D eigenvalue weighted by atomic mass is 35.5. The van der Waals surface area contributed by atoms with Crippen LogP contribution in [-0.4, -0.2) is 34.9 Å². The molecule has 1 N–H and O–H groups in total. The first-order valence-corrected chi connectivity index (χ1v) is 10.3. The molecule has 0 radical (unpaired) electrons. The number of hydrogen-bond acceptors (Lipinski definition) is 5. The Hall–Kier alpha value is -3.22. The molecule has 0 saturated carbocycles. The van der Waals surface area contributed by atoms with Crippen LogP contribution in [0.3, 0.4) is 0 Å². The van der Waals surface area contributed by atoms with Crippen molar-refractivity contribution in [2.75, 3.05) is 12.4 Å².